The van der Waals surface area contributed by atoms with Gasteiger partial charge in [0.25, 0.3) is 0 Å². The lowest BCUT2D eigenvalue weighted by atomic mass is 10.4. The molecule has 0 saturated carbocycles. The quantitative estimate of drug-likeness (QED) is 0.784. The van der Waals surface area contributed by atoms with Gasteiger partial charge in [-0.25, -0.2) is 14.3 Å². The monoisotopic (exact) mass is 298 g/mol. The van der Waals surface area contributed by atoms with Crippen molar-refractivity contribution in [2.75, 3.05) is 5.33 Å². The molecule has 0 saturated heterocycles. The first-order valence-corrected chi connectivity index (χ1v) is 6.66. The first-order valence-electron chi connectivity index (χ1n) is 5.54. The summed E-state index contributed by atoms with van der Waals surface area (Å²) in [6.07, 6.45) is 4.41. The molecule has 0 aliphatic heterocycles. The Kier molecular flexibility index (Phi) is 3.88. The lowest BCUT2D eigenvalue weighted by Crippen LogP contribution is -2.12. The highest BCUT2D eigenvalue weighted by Crippen LogP contribution is 2.07. The predicted molar refractivity (Wildman–Crippen MR) is 67.0 cm³/mol. The highest BCUT2D eigenvalue weighted by Gasteiger charge is 2.09. The molecule has 17 heavy (non-hydrogen) atoms. The second kappa shape index (κ2) is 5.39. The van der Waals surface area contributed by atoms with Gasteiger partial charge >= 0.3 is 0 Å². The van der Waals surface area contributed by atoms with Crippen LogP contribution in [0.4, 0.5) is 0 Å². The Morgan fingerprint density at radius 1 is 1.41 bits per heavy atom. The third kappa shape index (κ3) is 2.91. The van der Waals surface area contributed by atoms with Crippen molar-refractivity contribution in [1.82, 2.24) is 29.8 Å². The van der Waals surface area contributed by atoms with Gasteiger partial charge in [0.1, 0.15) is 18.7 Å². The minimum absolute atomic E-state index is 0.304. The van der Waals surface area contributed by atoms with Gasteiger partial charge in [0, 0.05) is 24.0 Å². The zero-order valence-electron chi connectivity index (χ0n) is 9.91. The Hall–Kier alpha value is -1.24. The fraction of sp³-hybridized carbons (Fsp3) is 0.600. The van der Waals surface area contributed by atoms with Gasteiger partial charge in [-0.2, -0.15) is 5.10 Å². The van der Waals surface area contributed by atoms with Crippen LogP contribution in [0.25, 0.3) is 0 Å². The normalized spacial score (nSPS) is 11.3. The second-order valence-electron chi connectivity index (χ2n) is 4.06. The maximum atomic E-state index is 4.24. The van der Waals surface area contributed by atoms with E-state index in [-0.39, 0.29) is 0 Å². The Labute approximate surface area is 108 Å². The number of rotatable bonds is 5. The molecule has 0 atom stereocenters. The number of aryl methyl sites for hydroxylation is 1. The molecule has 6 nitrogen and oxygen atoms in total. The molecule has 2 heterocycles. The van der Waals surface area contributed by atoms with Crippen molar-refractivity contribution in [3.05, 3.63) is 24.0 Å². The van der Waals surface area contributed by atoms with Crippen molar-refractivity contribution in [2.24, 2.45) is 0 Å². The predicted octanol–water partition coefficient (Wildman–Crippen LogP) is 1.44. The van der Waals surface area contributed by atoms with Crippen LogP contribution in [0.15, 0.2) is 12.5 Å². The molecule has 0 fully saturated rings. The lowest BCUT2D eigenvalue weighted by molar-refractivity contribution is 0.485. The molecule has 2 aromatic heterocycles. The Bertz CT molecular complexity index is 475. The van der Waals surface area contributed by atoms with E-state index in [4.69, 9.17) is 0 Å². The second-order valence-corrected chi connectivity index (χ2v) is 4.85. The van der Waals surface area contributed by atoms with Crippen LogP contribution in [0.2, 0.25) is 0 Å². The van der Waals surface area contributed by atoms with E-state index in [2.05, 4.69) is 50.2 Å². The van der Waals surface area contributed by atoms with Crippen molar-refractivity contribution in [2.45, 2.75) is 32.9 Å². The van der Waals surface area contributed by atoms with E-state index in [1.54, 1.807) is 11.0 Å². The number of hydrogen-bond acceptors (Lipinski definition) is 4. The number of halogens is 1. The molecule has 7 heteroatoms. The molecule has 0 spiro atoms. The molecule has 0 N–H and O–H groups in total. The molecular formula is C10H15BrN6. The van der Waals surface area contributed by atoms with Crippen LogP contribution in [0, 0.1) is 0 Å². The zero-order valence-corrected chi connectivity index (χ0v) is 11.5. The van der Waals surface area contributed by atoms with Gasteiger partial charge in [-0.05, 0) is 13.8 Å². The van der Waals surface area contributed by atoms with Crippen molar-refractivity contribution >= 4 is 15.9 Å². The van der Waals surface area contributed by atoms with Crippen LogP contribution in [0.1, 0.15) is 31.4 Å². The van der Waals surface area contributed by atoms with Crippen LogP contribution in [-0.2, 0) is 13.0 Å². The molecule has 2 aromatic rings. The van der Waals surface area contributed by atoms with E-state index in [1.807, 2.05) is 10.9 Å². The molecule has 0 amide bonds. The molecule has 0 radical (unpaired) electrons. The molecule has 2 rings (SSSR count). The van der Waals surface area contributed by atoms with E-state index < -0.39 is 0 Å². The standard InChI is InChI=1S/C10H15BrN6/c1-8(2)17-10(12-7-13-17)6-16-5-9(3-4-11)14-15-16/h5,7-8H,3-4,6H2,1-2H3. The molecule has 0 aliphatic rings. The van der Waals surface area contributed by atoms with Gasteiger partial charge < -0.3 is 0 Å². The smallest absolute Gasteiger partial charge is 0.148 e. The Balaban J connectivity index is 2.11. The summed E-state index contributed by atoms with van der Waals surface area (Å²) in [7, 11) is 0. The van der Waals surface area contributed by atoms with Crippen LogP contribution < -0.4 is 0 Å². The number of nitrogens with zero attached hydrogens (tertiary/aromatic N) is 6. The maximum Gasteiger partial charge on any atom is 0.148 e. The van der Waals surface area contributed by atoms with Crippen molar-refractivity contribution < 1.29 is 0 Å². The van der Waals surface area contributed by atoms with Crippen LogP contribution in [0.5, 0.6) is 0 Å². The highest BCUT2D eigenvalue weighted by molar-refractivity contribution is 9.09. The number of aromatic nitrogens is 6. The molecule has 0 aliphatic carbocycles. The topological polar surface area (TPSA) is 61.4 Å². The maximum absolute atomic E-state index is 4.24. The Morgan fingerprint density at radius 2 is 2.24 bits per heavy atom. The fourth-order valence-electron chi connectivity index (χ4n) is 1.59. The number of alkyl halides is 1. The average molecular weight is 299 g/mol. The van der Waals surface area contributed by atoms with Crippen molar-refractivity contribution in [3.8, 4) is 0 Å². The first-order chi connectivity index (χ1) is 8.20. The van der Waals surface area contributed by atoms with Crippen LogP contribution in [-0.4, -0.2) is 35.1 Å². The summed E-state index contributed by atoms with van der Waals surface area (Å²) in [6, 6.07) is 0.304. The van der Waals surface area contributed by atoms with Gasteiger partial charge in [0.2, 0.25) is 0 Å². The van der Waals surface area contributed by atoms with E-state index in [1.165, 1.54) is 0 Å². The Morgan fingerprint density at radius 3 is 2.94 bits per heavy atom. The SMILES string of the molecule is CC(C)n1ncnc1Cn1cc(CCBr)nn1. The zero-order chi connectivity index (χ0) is 12.3. The van der Waals surface area contributed by atoms with Crippen molar-refractivity contribution in [3.63, 3.8) is 0 Å². The molecule has 92 valence electrons. The molecule has 0 unspecified atom stereocenters. The average Bonchev–Trinajstić information content (AvgIpc) is 2.89. The molecule has 0 bridgehead atoms. The van der Waals surface area contributed by atoms with E-state index >= 15 is 0 Å². The van der Waals surface area contributed by atoms with Crippen molar-refractivity contribution in [1.29, 1.82) is 0 Å². The summed E-state index contributed by atoms with van der Waals surface area (Å²) in [6.45, 7) is 4.76. The summed E-state index contributed by atoms with van der Waals surface area (Å²) in [5.41, 5.74) is 0.984. The third-order valence-corrected chi connectivity index (χ3v) is 2.77. The molecular weight excluding hydrogens is 284 g/mol. The largest absolute Gasteiger partial charge is 0.246 e. The minimum Gasteiger partial charge on any atom is -0.246 e. The fourth-order valence-corrected chi connectivity index (χ4v) is 2.00. The third-order valence-electron chi connectivity index (χ3n) is 2.38. The van der Waals surface area contributed by atoms with Gasteiger partial charge in [-0.3, -0.25) is 0 Å². The molecule has 0 aromatic carbocycles. The highest BCUT2D eigenvalue weighted by atomic mass is 79.9. The van der Waals surface area contributed by atoms with E-state index in [0.29, 0.717) is 12.6 Å². The van der Waals surface area contributed by atoms with Gasteiger partial charge in [-0.1, -0.05) is 21.1 Å². The number of hydrogen-bond donors (Lipinski definition) is 0. The van der Waals surface area contributed by atoms with Crippen LogP contribution in [0.3, 0.4) is 0 Å². The van der Waals surface area contributed by atoms with Gasteiger partial charge in [-0.15, -0.1) is 5.10 Å². The summed E-state index contributed by atoms with van der Waals surface area (Å²) in [4.78, 5) is 4.24. The summed E-state index contributed by atoms with van der Waals surface area (Å²) in [5, 5.41) is 13.2. The van der Waals surface area contributed by atoms with Gasteiger partial charge in [0.15, 0.2) is 0 Å². The van der Waals surface area contributed by atoms with E-state index in [9.17, 15) is 0 Å². The first kappa shape index (κ1) is 12.2. The summed E-state index contributed by atoms with van der Waals surface area (Å²) >= 11 is 3.38. The van der Waals surface area contributed by atoms with Crippen LogP contribution >= 0.6 is 15.9 Å². The lowest BCUT2D eigenvalue weighted by Gasteiger charge is -2.08. The summed E-state index contributed by atoms with van der Waals surface area (Å²) < 4.78 is 3.69. The van der Waals surface area contributed by atoms with E-state index in [0.717, 1.165) is 23.3 Å². The summed E-state index contributed by atoms with van der Waals surface area (Å²) in [5.74, 6) is 0.898. The minimum atomic E-state index is 0.304. The van der Waals surface area contributed by atoms with Gasteiger partial charge in [0.05, 0.1) is 5.69 Å².